The van der Waals surface area contributed by atoms with E-state index in [0.717, 1.165) is 28.9 Å². The molecule has 1 aliphatic heterocycles. The van der Waals surface area contributed by atoms with Gasteiger partial charge in [-0.25, -0.2) is 4.98 Å². The third-order valence-electron chi connectivity index (χ3n) is 7.19. The second kappa shape index (κ2) is 12.3. The smallest absolute Gasteiger partial charge is 0.163 e. The molecule has 0 saturated carbocycles. The second-order valence-corrected chi connectivity index (χ2v) is 10.4. The fourth-order valence-electron chi connectivity index (χ4n) is 4.65. The highest BCUT2D eigenvalue weighted by molar-refractivity contribution is 5.96. The van der Waals surface area contributed by atoms with Gasteiger partial charge in [0.25, 0.3) is 0 Å². The molecule has 2 unspecified atom stereocenters. The van der Waals surface area contributed by atoms with E-state index >= 15 is 0 Å². The molecule has 4 rings (SSSR count). The monoisotopic (exact) mass is 534 g/mol. The molecule has 0 bridgehead atoms. The largest absolute Gasteiger partial charge is 0.493 e. The van der Waals surface area contributed by atoms with Gasteiger partial charge < -0.3 is 29.7 Å². The molecule has 1 aromatic heterocycles. The standard InChI is InChI=1S/C31H38N2O6/c1-21-5-7-22(8-6-21)25-18-24(30(2)20-38-15-13-32-30)19-29(33-25)31(3,36)12-11-26(35)23-9-10-27(39-16-14-34)28(17-23)37-4/h5-10,17-19,32,34,36H,11-16,20H2,1-4H3. The number of nitrogens with one attached hydrogen (secondary N) is 1. The summed E-state index contributed by atoms with van der Waals surface area (Å²) in [6, 6.07) is 17.0. The van der Waals surface area contributed by atoms with Crippen LogP contribution in [0.4, 0.5) is 0 Å². The van der Waals surface area contributed by atoms with Gasteiger partial charge in [0.15, 0.2) is 17.3 Å². The van der Waals surface area contributed by atoms with Crippen LogP contribution in [-0.4, -0.2) is 61.1 Å². The fourth-order valence-corrected chi connectivity index (χ4v) is 4.65. The molecule has 0 aliphatic carbocycles. The molecule has 0 amide bonds. The minimum absolute atomic E-state index is 0.109. The lowest BCUT2D eigenvalue weighted by molar-refractivity contribution is 0.0312. The predicted molar refractivity (Wildman–Crippen MR) is 149 cm³/mol. The molecule has 2 heterocycles. The number of methoxy groups -OCH3 is 1. The average molecular weight is 535 g/mol. The average Bonchev–Trinajstić information content (AvgIpc) is 2.95. The minimum Gasteiger partial charge on any atom is -0.493 e. The topological polar surface area (TPSA) is 110 Å². The van der Waals surface area contributed by atoms with Crippen molar-refractivity contribution >= 4 is 5.78 Å². The number of benzene rings is 2. The van der Waals surface area contributed by atoms with E-state index in [9.17, 15) is 9.90 Å². The first-order valence-electron chi connectivity index (χ1n) is 13.3. The van der Waals surface area contributed by atoms with Crippen molar-refractivity contribution < 1.29 is 29.2 Å². The molecule has 1 aliphatic rings. The van der Waals surface area contributed by atoms with E-state index in [1.807, 2.05) is 43.3 Å². The Morgan fingerprint density at radius 2 is 1.92 bits per heavy atom. The van der Waals surface area contributed by atoms with Crippen molar-refractivity contribution in [3.05, 3.63) is 77.0 Å². The molecular weight excluding hydrogens is 496 g/mol. The normalized spacial score (nSPS) is 18.8. The summed E-state index contributed by atoms with van der Waals surface area (Å²) in [6.07, 6.45) is 0.290. The Labute approximate surface area is 230 Å². The lowest BCUT2D eigenvalue weighted by Gasteiger charge is -2.36. The number of carbonyl (C=O) groups is 1. The predicted octanol–water partition coefficient (Wildman–Crippen LogP) is 4.14. The number of aromatic nitrogens is 1. The molecule has 2 aromatic carbocycles. The van der Waals surface area contributed by atoms with E-state index in [4.69, 9.17) is 24.3 Å². The molecule has 1 fully saturated rings. The first kappa shape index (κ1) is 28.7. The SMILES string of the molecule is COc1cc(C(=O)CCC(C)(O)c2cc(C3(C)COCCN3)cc(-c3ccc(C)cc3)n2)ccc1OCCO. The molecule has 8 nitrogen and oxygen atoms in total. The number of aliphatic hydroxyl groups excluding tert-OH is 1. The number of hydrogen-bond acceptors (Lipinski definition) is 8. The van der Waals surface area contributed by atoms with Crippen molar-refractivity contribution in [2.24, 2.45) is 0 Å². The molecule has 39 heavy (non-hydrogen) atoms. The van der Waals surface area contributed by atoms with Gasteiger partial charge in [-0.1, -0.05) is 29.8 Å². The number of ether oxygens (including phenoxy) is 3. The molecule has 3 aromatic rings. The van der Waals surface area contributed by atoms with Gasteiger partial charge in [-0.05, 0) is 63.1 Å². The van der Waals surface area contributed by atoms with E-state index in [1.54, 1.807) is 25.1 Å². The van der Waals surface area contributed by atoms with Gasteiger partial charge in [0.1, 0.15) is 12.2 Å². The van der Waals surface area contributed by atoms with Gasteiger partial charge in [-0.2, -0.15) is 0 Å². The van der Waals surface area contributed by atoms with Crippen molar-refractivity contribution in [3.63, 3.8) is 0 Å². The highest BCUT2D eigenvalue weighted by Crippen LogP contribution is 2.34. The van der Waals surface area contributed by atoms with Crippen LogP contribution >= 0.6 is 0 Å². The number of aryl methyl sites for hydroxylation is 1. The maximum atomic E-state index is 13.1. The lowest BCUT2D eigenvalue weighted by Crippen LogP contribution is -2.49. The molecule has 2 atom stereocenters. The number of pyridine rings is 1. The quantitative estimate of drug-likeness (QED) is 0.315. The van der Waals surface area contributed by atoms with E-state index in [2.05, 4.69) is 12.2 Å². The Hall–Kier alpha value is -3.30. The highest BCUT2D eigenvalue weighted by Gasteiger charge is 2.33. The van der Waals surface area contributed by atoms with Crippen molar-refractivity contribution in [3.8, 4) is 22.8 Å². The Bertz CT molecular complexity index is 1280. The van der Waals surface area contributed by atoms with Crippen LogP contribution < -0.4 is 14.8 Å². The van der Waals surface area contributed by atoms with Gasteiger partial charge in [0.05, 0.1) is 43.9 Å². The Kier molecular flexibility index (Phi) is 9.02. The third kappa shape index (κ3) is 6.83. The zero-order valence-electron chi connectivity index (χ0n) is 23.1. The third-order valence-corrected chi connectivity index (χ3v) is 7.19. The number of hydrogen-bond donors (Lipinski definition) is 3. The molecule has 8 heteroatoms. The maximum absolute atomic E-state index is 13.1. The van der Waals surface area contributed by atoms with Crippen LogP contribution in [0.3, 0.4) is 0 Å². The van der Waals surface area contributed by atoms with Crippen LogP contribution in [0, 0.1) is 6.92 Å². The molecule has 0 radical (unpaired) electrons. The van der Waals surface area contributed by atoms with Gasteiger partial charge in [0.2, 0.25) is 0 Å². The van der Waals surface area contributed by atoms with E-state index < -0.39 is 11.1 Å². The number of ketones is 1. The highest BCUT2D eigenvalue weighted by atomic mass is 16.5. The number of aliphatic hydroxyl groups is 2. The van der Waals surface area contributed by atoms with Gasteiger partial charge >= 0.3 is 0 Å². The molecular formula is C31H38N2O6. The molecule has 0 spiro atoms. The summed E-state index contributed by atoms with van der Waals surface area (Å²) < 4.78 is 16.6. The number of nitrogens with zero attached hydrogens (tertiary/aromatic N) is 1. The van der Waals surface area contributed by atoms with Crippen molar-refractivity contribution in [2.45, 2.75) is 44.8 Å². The Morgan fingerprint density at radius 3 is 2.59 bits per heavy atom. The minimum atomic E-state index is -1.36. The molecule has 1 saturated heterocycles. The molecule has 208 valence electrons. The summed E-state index contributed by atoms with van der Waals surface area (Å²) in [5, 5.41) is 24.2. The van der Waals surface area contributed by atoms with E-state index in [0.29, 0.717) is 36.0 Å². The number of morpholine rings is 1. The Balaban J connectivity index is 1.60. The summed E-state index contributed by atoms with van der Waals surface area (Å²) in [6.45, 7) is 7.71. The lowest BCUT2D eigenvalue weighted by atomic mass is 9.86. The van der Waals surface area contributed by atoms with Crippen molar-refractivity contribution in [1.29, 1.82) is 0 Å². The van der Waals surface area contributed by atoms with Crippen LogP contribution in [0.15, 0.2) is 54.6 Å². The van der Waals surface area contributed by atoms with Gasteiger partial charge in [-0.3, -0.25) is 4.79 Å². The van der Waals surface area contributed by atoms with Crippen LogP contribution in [0.25, 0.3) is 11.3 Å². The summed E-state index contributed by atoms with van der Waals surface area (Å²) >= 11 is 0. The number of carbonyl (C=O) groups excluding carboxylic acids is 1. The van der Waals surface area contributed by atoms with Crippen LogP contribution in [0.2, 0.25) is 0 Å². The second-order valence-electron chi connectivity index (χ2n) is 10.4. The van der Waals surface area contributed by atoms with Crippen LogP contribution in [0.5, 0.6) is 11.5 Å². The molecule has 3 N–H and O–H groups in total. The van der Waals surface area contributed by atoms with Gasteiger partial charge in [0, 0.05) is 24.1 Å². The first-order chi connectivity index (χ1) is 18.6. The van der Waals surface area contributed by atoms with E-state index in [-0.39, 0.29) is 31.8 Å². The van der Waals surface area contributed by atoms with E-state index in [1.165, 1.54) is 7.11 Å². The van der Waals surface area contributed by atoms with Crippen LogP contribution in [-0.2, 0) is 15.9 Å². The summed E-state index contributed by atoms with van der Waals surface area (Å²) in [5.41, 5.74) is 3.00. The zero-order chi connectivity index (χ0) is 28.0. The summed E-state index contributed by atoms with van der Waals surface area (Å²) in [5.74, 6) is 0.730. The van der Waals surface area contributed by atoms with Crippen molar-refractivity contribution in [2.75, 3.05) is 40.1 Å². The first-order valence-corrected chi connectivity index (χ1v) is 13.3. The zero-order valence-corrected chi connectivity index (χ0v) is 23.1. The summed E-state index contributed by atoms with van der Waals surface area (Å²) in [4.78, 5) is 18.0. The fraction of sp³-hybridized carbons (Fsp3) is 0.419. The maximum Gasteiger partial charge on any atom is 0.163 e. The summed E-state index contributed by atoms with van der Waals surface area (Å²) in [7, 11) is 1.50. The van der Waals surface area contributed by atoms with Crippen molar-refractivity contribution in [1.82, 2.24) is 10.3 Å². The Morgan fingerprint density at radius 1 is 1.15 bits per heavy atom. The van der Waals surface area contributed by atoms with Gasteiger partial charge in [-0.15, -0.1) is 0 Å². The number of rotatable bonds is 11. The number of Topliss-reactive ketones (excluding diaryl/α,β-unsaturated/α-hetero) is 1. The van der Waals surface area contributed by atoms with Crippen LogP contribution in [0.1, 0.15) is 53.9 Å².